The molecule has 0 unspecified atom stereocenters. The number of fused-ring (bicyclic) bond motifs is 1. The summed E-state index contributed by atoms with van der Waals surface area (Å²) in [6, 6.07) is 10.4. The lowest BCUT2D eigenvalue weighted by Crippen LogP contribution is -2.36. The van der Waals surface area contributed by atoms with E-state index in [0.717, 1.165) is 46.5 Å². The summed E-state index contributed by atoms with van der Waals surface area (Å²) in [5.41, 5.74) is 2.65. The minimum Gasteiger partial charge on any atom is -0.356 e. The number of amides is 1. The van der Waals surface area contributed by atoms with Gasteiger partial charge in [0, 0.05) is 36.1 Å². The van der Waals surface area contributed by atoms with Crippen LogP contribution in [0, 0.1) is 0 Å². The average Bonchev–Trinajstić information content (AvgIpc) is 3.23. The van der Waals surface area contributed by atoms with Crippen molar-refractivity contribution in [2.75, 3.05) is 18.1 Å². The molecule has 1 aromatic heterocycles. The Bertz CT molecular complexity index is 1270. The second-order valence-electron chi connectivity index (χ2n) is 7.43. The van der Waals surface area contributed by atoms with E-state index >= 15 is 0 Å². The molecule has 0 aliphatic carbocycles. The number of hydrogen-bond acceptors (Lipinski definition) is 6. The Balaban J connectivity index is 1.45. The molecule has 0 saturated carbocycles. The van der Waals surface area contributed by atoms with Crippen LogP contribution in [0.25, 0.3) is 0 Å². The lowest BCUT2D eigenvalue weighted by atomic mass is 9.98. The molecule has 0 saturated heterocycles. The summed E-state index contributed by atoms with van der Waals surface area (Å²) in [4.78, 5) is 18.3. The fraction of sp³-hybridized carbons (Fsp3) is 0.238. The molecule has 0 atom stereocenters. The zero-order chi connectivity index (χ0) is 23.1. The molecular weight excluding hydrogens is 463 g/mol. The summed E-state index contributed by atoms with van der Waals surface area (Å²) in [6.07, 6.45) is -2.74. The minimum absolute atomic E-state index is 0.0859. The zero-order valence-corrected chi connectivity index (χ0v) is 18.4. The zero-order valence-electron chi connectivity index (χ0n) is 16.8. The number of nitrogens with one attached hydrogen (secondary N) is 1. The maximum absolute atomic E-state index is 12.7. The third-order valence-corrected chi connectivity index (χ3v) is 7.58. The molecule has 1 N–H and O–H groups in total. The Morgan fingerprint density at radius 1 is 1.09 bits per heavy atom. The van der Waals surface area contributed by atoms with Gasteiger partial charge >= 0.3 is 6.18 Å². The van der Waals surface area contributed by atoms with Crippen LogP contribution in [0.1, 0.15) is 27.2 Å². The van der Waals surface area contributed by atoms with Crippen molar-refractivity contribution in [3.63, 3.8) is 0 Å². The highest BCUT2D eigenvalue weighted by Crippen LogP contribution is 2.31. The number of sulfone groups is 1. The fourth-order valence-electron chi connectivity index (χ4n) is 3.40. The maximum atomic E-state index is 12.7. The van der Waals surface area contributed by atoms with Crippen LogP contribution >= 0.6 is 11.3 Å². The molecule has 1 amide bonds. The van der Waals surface area contributed by atoms with Gasteiger partial charge in [-0.3, -0.25) is 4.79 Å². The molecule has 0 fully saturated rings. The Morgan fingerprint density at radius 2 is 1.78 bits per heavy atom. The number of nitrogens with zero attached hydrogens (tertiary/aromatic N) is 2. The molecule has 2 heterocycles. The fourth-order valence-corrected chi connectivity index (χ4v) is 5.03. The van der Waals surface area contributed by atoms with Crippen molar-refractivity contribution in [3.05, 3.63) is 70.2 Å². The highest BCUT2D eigenvalue weighted by atomic mass is 32.2. The highest BCUT2D eigenvalue weighted by molar-refractivity contribution is 7.92. The normalized spacial score (nSPS) is 14.2. The van der Waals surface area contributed by atoms with Crippen LogP contribution in [0.4, 0.5) is 24.5 Å². The summed E-state index contributed by atoms with van der Waals surface area (Å²) < 4.78 is 61.2. The summed E-state index contributed by atoms with van der Waals surface area (Å²) in [7, 11) is -3.46. The second kappa shape index (κ2) is 8.21. The van der Waals surface area contributed by atoms with E-state index in [2.05, 4.69) is 10.3 Å². The molecule has 2 aromatic carbocycles. The van der Waals surface area contributed by atoms with E-state index in [1.807, 2.05) is 12.1 Å². The SMILES string of the molecule is CS(=O)(=O)c1nc(C(=O)N2CCc3cc(Nc4ccc(C(F)(F)F)cc4)ccc3C2)cs1. The van der Waals surface area contributed by atoms with Crippen molar-refractivity contribution < 1.29 is 26.4 Å². The van der Waals surface area contributed by atoms with E-state index in [1.165, 1.54) is 17.5 Å². The first-order valence-electron chi connectivity index (χ1n) is 9.52. The average molecular weight is 482 g/mol. The molecule has 6 nitrogen and oxygen atoms in total. The van der Waals surface area contributed by atoms with Gasteiger partial charge in [-0.25, -0.2) is 13.4 Å². The third kappa shape index (κ3) is 4.78. The first-order valence-corrected chi connectivity index (χ1v) is 12.3. The Labute approximate surface area is 186 Å². The number of thiazole rings is 1. The standard InChI is InChI=1S/C21H18F3N3O3S2/c1-32(29,30)20-26-18(12-31-20)19(28)27-9-8-13-10-17(5-2-14(13)11-27)25-16-6-3-15(4-7-16)21(22,23)24/h2-7,10,12,25H,8-9,11H2,1H3. The number of anilines is 2. The molecule has 3 aromatic rings. The van der Waals surface area contributed by atoms with Crippen molar-refractivity contribution in [3.8, 4) is 0 Å². The largest absolute Gasteiger partial charge is 0.416 e. The van der Waals surface area contributed by atoms with Crippen LogP contribution in [-0.4, -0.2) is 37.0 Å². The number of alkyl halides is 3. The monoisotopic (exact) mass is 481 g/mol. The van der Waals surface area contributed by atoms with Crippen molar-refractivity contribution in [1.29, 1.82) is 0 Å². The van der Waals surface area contributed by atoms with E-state index in [1.54, 1.807) is 11.0 Å². The molecule has 4 rings (SSSR count). The molecule has 1 aliphatic heterocycles. The predicted octanol–water partition coefficient (Wildman–Crippen LogP) is 4.51. The van der Waals surface area contributed by atoms with Gasteiger partial charge in [0.05, 0.1) is 5.56 Å². The van der Waals surface area contributed by atoms with E-state index in [0.29, 0.717) is 25.2 Å². The van der Waals surface area contributed by atoms with Gasteiger partial charge in [-0.15, -0.1) is 11.3 Å². The highest BCUT2D eigenvalue weighted by Gasteiger charge is 2.30. The molecule has 0 bridgehead atoms. The topological polar surface area (TPSA) is 79.4 Å². The van der Waals surface area contributed by atoms with E-state index in [4.69, 9.17) is 0 Å². The lowest BCUT2D eigenvalue weighted by molar-refractivity contribution is -0.137. The van der Waals surface area contributed by atoms with Gasteiger partial charge in [0.25, 0.3) is 5.91 Å². The van der Waals surface area contributed by atoms with Crippen molar-refractivity contribution >= 4 is 38.5 Å². The third-order valence-electron chi connectivity index (χ3n) is 5.03. The summed E-state index contributed by atoms with van der Waals surface area (Å²) >= 11 is 0.922. The Kier molecular flexibility index (Phi) is 5.72. The van der Waals surface area contributed by atoms with Gasteiger partial charge in [0.2, 0.25) is 14.2 Å². The summed E-state index contributed by atoms with van der Waals surface area (Å²) in [5, 5.41) is 4.55. The molecule has 1 aliphatic rings. The van der Waals surface area contributed by atoms with Crippen molar-refractivity contribution in [2.24, 2.45) is 0 Å². The summed E-state index contributed by atoms with van der Waals surface area (Å²) in [6.45, 7) is 0.807. The number of carbonyl (C=O) groups excluding carboxylic acids is 1. The van der Waals surface area contributed by atoms with Gasteiger partial charge in [-0.1, -0.05) is 6.07 Å². The van der Waals surface area contributed by atoms with Gasteiger partial charge < -0.3 is 10.2 Å². The lowest BCUT2D eigenvalue weighted by Gasteiger charge is -2.28. The van der Waals surface area contributed by atoms with Crippen LogP contribution in [0.2, 0.25) is 0 Å². The molecule has 11 heteroatoms. The van der Waals surface area contributed by atoms with Gasteiger partial charge in [0.15, 0.2) is 0 Å². The number of rotatable bonds is 4. The van der Waals surface area contributed by atoms with E-state index in [9.17, 15) is 26.4 Å². The number of carbonyl (C=O) groups is 1. The van der Waals surface area contributed by atoms with E-state index < -0.39 is 21.6 Å². The minimum atomic E-state index is -4.38. The Hall–Kier alpha value is -2.92. The quantitative estimate of drug-likeness (QED) is 0.593. The molecule has 168 valence electrons. The summed E-state index contributed by atoms with van der Waals surface area (Å²) in [5.74, 6) is -0.325. The number of aromatic nitrogens is 1. The Morgan fingerprint density at radius 3 is 2.41 bits per heavy atom. The number of hydrogen-bond donors (Lipinski definition) is 1. The first-order chi connectivity index (χ1) is 15.0. The van der Waals surface area contributed by atoms with Crippen LogP contribution in [0.5, 0.6) is 0 Å². The van der Waals surface area contributed by atoms with Gasteiger partial charge in [0.1, 0.15) is 5.69 Å². The van der Waals surface area contributed by atoms with Gasteiger partial charge in [-0.2, -0.15) is 13.2 Å². The number of halogens is 3. The van der Waals surface area contributed by atoms with Crippen LogP contribution < -0.4 is 5.32 Å². The molecule has 32 heavy (non-hydrogen) atoms. The predicted molar refractivity (Wildman–Crippen MR) is 115 cm³/mol. The van der Waals surface area contributed by atoms with Crippen molar-refractivity contribution in [1.82, 2.24) is 9.88 Å². The first kappa shape index (κ1) is 22.3. The van der Waals surface area contributed by atoms with Crippen LogP contribution in [0.3, 0.4) is 0 Å². The van der Waals surface area contributed by atoms with Crippen molar-refractivity contribution in [2.45, 2.75) is 23.5 Å². The van der Waals surface area contributed by atoms with E-state index in [-0.39, 0.29) is 15.9 Å². The molecular formula is C21H18F3N3O3S2. The molecule has 0 spiro atoms. The second-order valence-corrected chi connectivity index (χ2v) is 10.5. The number of benzene rings is 2. The van der Waals surface area contributed by atoms with Gasteiger partial charge in [-0.05, 0) is 53.9 Å². The van der Waals surface area contributed by atoms with Crippen LogP contribution in [-0.2, 0) is 29.0 Å². The van der Waals surface area contributed by atoms with Crippen LogP contribution in [0.15, 0.2) is 52.2 Å². The maximum Gasteiger partial charge on any atom is 0.416 e. The smallest absolute Gasteiger partial charge is 0.356 e. The molecule has 0 radical (unpaired) electrons.